The Labute approximate surface area is 195 Å². The fraction of sp³-hybridized carbons (Fsp3) is 0.423. The van der Waals surface area contributed by atoms with Crippen LogP contribution in [0.5, 0.6) is 5.75 Å². The number of likely N-dealkylation sites (N-methyl/N-ethyl adjacent to an activating group) is 1. The summed E-state index contributed by atoms with van der Waals surface area (Å²) in [7, 11) is 1.80. The number of pyridine rings is 1. The van der Waals surface area contributed by atoms with E-state index in [1.54, 1.807) is 13.2 Å². The van der Waals surface area contributed by atoms with Crippen LogP contribution >= 0.6 is 0 Å². The fourth-order valence-electron chi connectivity index (χ4n) is 4.16. The number of aliphatic hydroxyl groups excluding tert-OH is 1. The Morgan fingerprint density at radius 1 is 1.12 bits per heavy atom. The molecular weight excluding hydrogens is 416 g/mol. The van der Waals surface area contributed by atoms with Crippen molar-refractivity contribution in [2.45, 2.75) is 31.8 Å². The maximum atomic E-state index is 9.95. The third kappa shape index (κ3) is 6.13. The van der Waals surface area contributed by atoms with Gasteiger partial charge in [0.2, 0.25) is 0 Å². The third-order valence-corrected chi connectivity index (χ3v) is 6.12. The number of aliphatic hydroxyl groups is 1. The first-order chi connectivity index (χ1) is 16.1. The summed E-state index contributed by atoms with van der Waals surface area (Å²) in [6.07, 6.45) is 5.11. The van der Waals surface area contributed by atoms with Crippen LogP contribution in [0.25, 0.3) is 22.6 Å². The van der Waals surface area contributed by atoms with Gasteiger partial charge in [-0.2, -0.15) is 0 Å². The van der Waals surface area contributed by atoms with Crippen molar-refractivity contribution < 1.29 is 14.6 Å². The Balaban J connectivity index is 1.66. The van der Waals surface area contributed by atoms with Crippen LogP contribution in [0.2, 0.25) is 0 Å². The molecule has 7 heteroatoms. The second-order valence-corrected chi connectivity index (χ2v) is 8.53. The van der Waals surface area contributed by atoms with Gasteiger partial charge in [0, 0.05) is 54.9 Å². The molecule has 1 aliphatic rings. The second-order valence-electron chi connectivity index (χ2n) is 8.53. The highest BCUT2D eigenvalue weighted by Crippen LogP contribution is 2.34. The molecule has 0 saturated carbocycles. The van der Waals surface area contributed by atoms with Crippen LogP contribution < -0.4 is 10.1 Å². The zero-order valence-electron chi connectivity index (χ0n) is 19.3. The highest BCUT2D eigenvalue weighted by Gasteiger charge is 2.24. The Bertz CT molecular complexity index is 1030. The first-order valence-electron chi connectivity index (χ1n) is 11.6. The Kier molecular flexibility index (Phi) is 7.99. The molecule has 2 N–H and O–H groups in total. The van der Waals surface area contributed by atoms with Gasteiger partial charge in [-0.1, -0.05) is 19.1 Å². The molecule has 33 heavy (non-hydrogen) atoms. The molecule has 1 fully saturated rings. The summed E-state index contributed by atoms with van der Waals surface area (Å²) < 4.78 is 11.4. The van der Waals surface area contributed by atoms with Gasteiger partial charge >= 0.3 is 0 Å². The average Bonchev–Trinajstić information content (AvgIpc) is 2.88. The normalized spacial score (nSPS) is 16.3. The fourth-order valence-corrected chi connectivity index (χ4v) is 4.16. The molecule has 0 spiro atoms. The zero-order chi connectivity index (χ0) is 23.0. The summed E-state index contributed by atoms with van der Waals surface area (Å²) in [5.74, 6) is 2.16. The van der Waals surface area contributed by atoms with Crippen molar-refractivity contribution >= 4 is 0 Å². The SMILES string of the molecule is CNCC(O)COc1cccc(-c2nc(-c3cccnc3)cc(C(C)C3CCOCC3)n2)c1. The topological polar surface area (TPSA) is 89.4 Å². The van der Waals surface area contributed by atoms with Crippen LogP contribution in [0.15, 0.2) is 54.9 Å². The monoisotopic (exact) mass is 448 g/mol. The quantitative estimate of drug-likeness (QED) is 0.516. The molecule has 2 aromatic heterocycles. The molecule has 3 aromatic rings. The number of aromatic nitrogens is 3. The molecule has 1 aliphatic heterocycles. The van der Waals surface area contributed by atoms with E-state index in [9.17, 15) is 5.11 Å². The van der Waals surface area contributed by atoms with E-state index < -0.39 is 6.10 Å². The van der Waals surface area contributed by atoms with E-state index in [-0.39, 0.29) is 6.61 Å². The molecule has 0 amide bonds. The van der Waals surface area contributed by atoms with E-state index in [0.29, 0.717) is 30.0 Å². The first kappa shape index (κ1) is 23.3. The van der Waals surface area contributed by atoms with Crippen LogP contribution in [0, 0.1) is 5.92 Å². The number of ether oxygens (including phenoxy) is 2. The standard InChI is InChI=1S/C26H32N4O3/c1-18(19-8-11-32-12-9-19)24-14-25(21-6-4-10-28-15-21)30-26(29-24)20-5-3-7-23(13-20)33-17-22(31)16-27-2/h3-7,10,13-15,18-19,22,27,31H,8-9,11-12,16-17H2,1-2H3. The summed E-state index contributed by atoms with van der Waals surface area (Å²) >= 11 is 0. The van der Waals surface area contributed by atoms with Crippen molar-refractivity contribution in [2.24, 2.45) is 5.92 Å². The number of benzene rings is 1. The van der Waals surface area contributed by atoms with Gasteiger partial charge in [-0.25, -0.2) is 9.97 Å². The molecule has 2 atom stereocenters. The number of nitrogens with zero attached hydrogens (tertiary/aromatic N) is 3. The van der Waals surface area contributed by atoms with Gasteiger partial charge in [-0.15, -0.1) is 0 Å². The molecule has 174 valence electrons. The van der Waals surface area contributed by atoms with Crippen molar-refractivity contribution in [1.82, 2.24) is 20.3 Å². The van der Waals surface area contributed by atoms with Crippen molar-refractivity contribution in [3.8, 4) is 28.4 Å². The lowest BCUT2D eigenvalue weighted by atomic mass is 9.84. The van der Waals surface area contributed by atoms with Crippen molar-refractivity contribution in [3.05, 3.63) is 60.6 Å². The summed E-state index contributed by atoms with van der Waals surface area (Å²) in [6.45, 7) is 4.55. The highest BCUT2D eigenvalue weighted by atomic mass is 16.5. The van der Waals surface area contributed by atoms with Crippen LogP contribution in [0.3, 0.4) is 0 Å². The summed E-state index contributed by atoms with van der Waals surface area (Å²) in [4.78, 5) is 14.1. The lowest BCUT2D eigenvalue weighted by molar-refractivity contribution is 0.0592. The number of hydrogen-bond acceptors (Lipinski definition) is 7. The Hall–Kier alpha value is -2.87. The number of hydrogen-bond donors (Lipinski definition) is 2. The molecular formula is C26H32N4O3. The smallest absolute Gasteiger partial charge is 0.160 e. The van der Waals surface area contributed by atoms with Crippen molar-refractivity contribution in [1.29, 1.82) is 0 Å². The number of nitrogens with one attached hydrogen (secondary N) is 1. The maximum Gasteiger partial charge on any atom is 0.160 e. The lowest BCUT2D eigenvalue weighted by Crippen LogP contribution is -2.29. The van der Waals surface area contributed by atoms with Crippen LogP contribution in [0.1, 0.15) is 31.4 Å². The van der Waals surface area contributed by atoms with Gasteiger partial charge in [0.15, 0.2) is 5.82 Å². The van der Waals surface area contributed by atoms with Gasteiger partial charge in [0.1, 0.15) is 18.5 Å². The lowest BCUT2D eigenvalue weighted by Gasteiger charge is -2.27. The van der Waals surface area contributed by atoms with Gasteiger partial charge in [0.25, 0.3) is 0 Å². The molecule has 1 aromatic carbocycles. The zero-order valence-corrected chi connectivity index (χ0v) is 19.3. The Morgan fingerprint density at radius 3 is 2.70 bits per heavy atom. The highest BCUT2D eigenvalue weighted by molar-refractivity contribution is 5.64. The van der Waals surface area contributed by atoms with E-state index in [1.165, 1.54) is 0 Å². The van der Waals surface area contributed by atoms with E-state index in [0.717, 1.165) is 48.6 Å². The molecule has 0 aliphatic carbocycles. The van der Waals surface area contributed by atoms with Crippen molar-refractivity contribution in [2.75, 3.05) is 33.4 Å². The van der Waals surface area contributed by atoms with E-state index in [4.69, 9.17) is 19.4 Å². The predicted molar refractivity (Wildman–Crippen MR) is 128 cm³/mol. The molecule has 1 saturated heterocycles. The number of rotatable bonds is 9. The summed E-state index contributed by atoms with van der Waals surface area (Å²) in [5.41, 5.74) is 3.73. The minimum Gasteiger partial charge on any atom is -0.491 e. The molecule has 2 unspecified atom stereocenters. The third-order valence-electron chi connectivity index (χ3n) is 6.12. The van der Waals surface area contributed by atoms with Crippen LogP contribution in [-0.2, 0) is 4.74 Å². The van der Waals surface area contributed by atoms with Gasteiger partial charge in [-0.05, 0) is 56.1 Å². The minimum atomic E-state index is -0.573. The van der Waals surface area contributed by atoms with Crippen LogP contribution in [-0.4, -0.2) is 59.6 Å². The second kappa shape index (κ2) is 11.3. The van der Waals surface area contributed by atoms with Gasteiger partial charge in [0.05, 0.1) is 5.69 Å². The summed E-state index contributed by atoms with van der Waals surface area (Å²) in [5, 5.41) is 12.9. The summed E-state index contributed by atoms with van der Waals surface area (Å²) in [6, 6.07) is 13.8. The van der Waals surface area contributed by atoms with E-state index >= 15 is 0 Å². The Morgan fingerprint density at radius 2 is 1.94 bits per heavy atom. The molecule has 0 radical (unpaired) electrons. The van der Waals surface area contributed by atoms with Gasteiger partial charge < -0.3 is 19.9 Å². The van der Waals surface area contributed by atoms with E-state index in [1.807, 2.05) is 42.6 Å². The largest absolute Gasteiger partial charge is 0.491 e. The predicted octanol–water partition coefficient (Wildman–Crippen LogP) is 3.69. The molecule has 3 heterocycles. The first-order valence-corrected chi connectivity index (χ1v) is 11.6. The molecule has 0 bridgehead atoms. The average molecular weight is 449 g/mol. The molecule has 4 rings (SSSR count). The molecule has 7 nitrogen and oxygen atoms in total. The van der Waals surface area contributed by atoms with E-state index in [2.05, 4.69) is 23.3 Å². The van der Waals surface area contributed by atoms with Gasteiger partial charge in [-0.3, -0.25) is 4.98 Å². The van der Waals surface area contributed by atoms with Crippen LogP contribution in [0.4, 0.5) is 0 Å². The van der Waals surface area contributed by atoms with Crippen molar-refractivity contribution in [3.63, 3.8) is 0 Å². The maximum absolute atomic E-state index is 9.95. The minimum absolute atomic E-state index is 0.215.